The lowest BCUT2D eigenvalue weighted by Crippen LogP contribution is -2.03. The lowest BCUT2D eigenvalue weighted by Gasteiger charge is -2.03. The number of rotatable bonds is 8. The van der Waals surface area contributed by atoms with Crippen molar-refractivity contribution in [1.82, 2.24) is 10.2 Å². The third-order valence-electron chi connectivity index (χ3n) is 3.07. The molecule has 0 amide bonds. The summed E-state index contributed by atoms with van der Waals surface area (Å²) < 4.78 is 10.00. The monoisotopic (exact) mass is 319 g/mol. The second-order valence-electron chi connectivity index (χ2n) is 4.79. The van der Waals surface area contributed by atoms with Crippen LogP contribution in [-0.2, 0) is 22.5 Å². The molecule has 0 bridgehead atoms. The Kier molecular flexibility index (Phi) is 5.67. The van der Waals surface area contributed by atoms with E-state index < -0.39 is 5.97 Å². The summed E-state index contributed by atoms with van der Waals surface area (Å²) in [6, 6.07) is 7.21. The van der Waals surface area contributed by atoms with Crippen molar-refractivity contribution < 1.29 is 23.8 Å². The molecular formula is C15H17N3O5. The van der Waals surface area contributed by atoms with E-state index in [1.807, 2.05) is 0 Å². The summed E-state index contributed by atoms with van der Waals surface area (Å²) >= 11 is 0. The molecule has 23 heavy (non-hydrogen) atoms. The van der Waals surface area contributed by atoms with Crippen LogP contribution in [0.2, 0.25) is 0 Å². The maximum absolute atomic E-state index is 11.3. The van der Waals surface area contributed by atoms with E-state index in [2.05, 4.69) is 20.3 Å². The molecule has 1 aromatic heterocycles. The number of aromatic nitrogens is 2. The number of nitrogens with one attached hydrogen (secondary N) is 1. The Bertz CT molecular complexity index is 666. The fourth-order valence-electron chi connectivity index (χ4n) is 1.87. The average Bonchev–Trinajstić information content (AvgIpc) is 3.00. The van der Waals surface area contributed by atoms with Crippen molar-refractivity contribution in [3.8, 4) is 0 Å². The van der Waals surface area contributed by atoms with E-state index in [0.29, 0.717) is 30.8 Å². The number of ether oxygens (including phenoxy) is 1. The maximum atomic E-state index is 11.3. The van der Waals surface area contributed by atoms with Crippen LogP contribution in [0.1, 0.15) is 34.7 Å². The van der Waals surface area contributed by atoms with Gasteiger partial charge < -0.3 is 19.6 Å². The van der Waals surface area contributed by atoms with Gasteiger partial charge in [-0.2, -0.15) is 0 Å². The highest BCUT2D eigenvalue weighted by Crippen LogP contribution is 2.11. The molecule has 0 aliphatic rings. The molecule has 0 saturated carbocycles. The summed E-state index contributed by atoms with van der Waals surface area (Å²) in [7, 11) is 1.33. The van der Waals surface area contributed by atoms with Crippen LogP contribution in [0.25, 0.3) is 0 Å². The van der Waals surface area contributed by atoms with Gasteiger partial charge in [-0.05, 0) is 24.1 Å². The lowest BCUT2D eigenvalue weighted by molar-refractivity contribution is -0.137. The molecule has 122 valence electrons. The number of aliphatic carboxylic acids is 1. The molecule has 0 radical (unpaired) electrons. The van der Waals surface area contributed by atoms with Gasteiger partial charge in [0.1, 0.15) is 0 Å². The van der Waals surface area contributed by atoms with Gasteiger partial charge in [-0.15, -0.1) is 5.10 Å². The van der Waals surface area contributed by atoms with Crippen molar-refractivity contribution in [2.75, 3.05) is 12.4 Å². The van der Waals surface area contributed by atoms with E-state index in [1.165, 1.54) is 7.11 Å². The number of methoxy groups -OCH3 is 1. The zero-order valence-electron chi connectivity index (χ0n) is 12.6. The molecule has 8 nitrogen and oxygen atoms in total. The zero-order valence-corrected chi connectivity index (χ0v) is 12.6. The number of benzene rings is 1. The number of carboxylic acid groups (broad SMARTS) is 1. The van der Waals surface area contributed by atoms with Crippen molar-refractivity contribution in [1.29, 1.82) is 0 Å². The number of carbonyl (C=O) groups is 2. The smallest absolute Gasteiger partial charge is 0.337 e. The van der Waals surface area contributed by atoms with E-state index in [1.54, 1.807) is 24.3 Å². The molecule has 0 unspecified atom stereocenters. The second-order valence-corrected chi connectivity index (χ2v) is 4.79. The van der Waals surface area contributed by atoms with Gasteiger partial charge in [0, 0.05) is 19.4 Å². The summed E-state index contributed by atoms with van der Waals surface area (Å²) in [4.78, 5) is 21.8. The fraction of sp³-hybridized carbons (Fsp3) is 0.333. The molecule has 0 saturated heterocycles. The first-order valence-electron chi connectivity index (χ1n) is 7.04. The number of carboxylic acids is 1. The van der Waals surface area contributed by atoms with Crippen LogP contribution in [0.3, 0.4) is 0 Å². The number of anilines is 1. The first kappa shape index (κ1) is 16.5. The quantitative estimate of drug-likeness (QED) is 0.709. The molecular weight excluding hydrogens is 302 g/mol. The Morgan fingerprint density at radius 3 is 2.65 bits per heavy atom. The number of aryl methyl sites for hydroxylation is 1. The topological polar surface area (TPSA) is 115 Å². The van der Waals surface area contributed by atoms with E-state index in [4.69, 9.17) is 9.52 Å². The van der Waals surface area contributed by atoms with Crippen LogP contribution < -0.4 is 5.32 Å². The minimum Gasteiger partial charge on any atom is -0.481 e. The van der Waals surface area contributed by atoms with Crippen LogP contribution in [0.5, 0.6) is 0 Å². The Hall–Kier alpha value is -2.90. The van der Waals surface area contributed by atoms with Crippen molar-refractivity contribution in [2.24, 2.45) is 0 Å². The van der Waals surface area contributed by atoms with Gasteiger partial charge in [-0.25, -0.2) is 4.79 Å². The molecule has 2 aromatic rings. The molecule has 0 aliphatic heterocycles. The van der Waals surface area contributed by atoms with E-state index in [-0.39, 0.29) is 18.4 Å². The minimum atomic E-state index is -0.849. The van der Waals surface area contributed by atoms with Crippen LogP contribution in [0.4, 0.5) is 6.01 Å². The van der Waals surface area contributed by atoms with Crippen LogP contribution in [0, 0.1) is 0 Å². The van der Waals surface area contributed by atoms with Crippen LogP contribution >= 0.6 is 0 Å². The predicted molar refractivity (Wildman–Crippen MR) is 80.0 cm³/mol. The third-order valence-corrected chi connectivity index (χ3v) is 3.07. The number of esters is 1. The SMILES string of the molecule is COC(=O)c1ccc(CNc2nnc(CCCC(=O)O)o2)cc1. The highest BCUT2D eigenvalue weighted by atomic mass is 16.5. The molecule has 2 rings (SSSR count). The first-order chi connectivity index (χ1) is 11.1. The van der Waals surface area contributed by atoms with Gasteiger partial charge in [-0.3, -0.25) is 4.79 Å². The number of nitrogens with zero attached hydrogens (tertiary/aromatic N) is 2. The Morgan fingerprint density at radius 1 is 1.26 bits per heavy atom. The number of hydrogen-bond donors (Lipinski definition) is 2. The molecule has 0 spiro atoms. The van der Waals surface area contributed by atoms with E-state index >= 15 is 0 Å². The molecule has 1 heterocycles. The molecule has 2 N–H and O–H groups in total. The summed E-state index contributed by atoms with van der Waals surface area (Å²) in [5.74, 6) is -0.833. The standard InChI is InChI=1S/C15H17N3O5/c1-22-14(21)11-7-5-10(6-8-11)9-16-15-18-17-12(23-15)3-2-4-13(19)20/h5-8H,2-4,9H2,1H3,(H,16,18)(H,19,20). The minimum absolute atomic E-state index is 0.0671. The van der Waals surface area contributed by atoms with E-state index in [0.717, 1.165) is 5.56 Å². The van der Waals surface area contributed by atoms with Crippen molar-refractivity contribution in [3.05, 3.63) is 41.3 Å². The van der Waals surface area contributed by atoms with Gasteiger partial charge in [0.25, 0.3) is 0 Å². The number of hydrogen-bond acceptors (Lipinski definition) is 7. The molecule has 0 atom stereocenters. The Balaban J connectivity index is 1.82. The summed E-state index contributed by atoms with van der Waals surface area (Å²) in [5.41, 5.74) is 1.41. The maximum Gasteiger partial charge on any atom is 0.337 e. The summed E-state index contributed by atoms with van der Waals surface area (Å²) in [5, 5.41) is 19.2. The van der Waals surface area contributed by atoms with Crippen LogP contribution in [0.15, 0.2) is 28.7 Å². The molecule has 8 heteroatoms. The predicted octanol–water partition coefficient (Wildman–Crippen LogP) is 1.88. The average molecular weight is 319 g/mol. The second kappa shape index (κ2) is 7.92. The molecule has 0 aliphatic carbocycles. The van der Waals surface area contributed by atoms with Gasteiger partial charge in [-0.1, -0.05) is 17.2 Å². The van der Waals surface area contributed by atoms with Crippen molar-refractivity contribution in [3.63, 3.8) is 0 Å². The zero-order chi connectivity index (χ0) is 16.7. The normalized spacial score (nSPS) is 10.3. The lowest BCUT2D eigenvalue weighted by atomic mass is 10.1. The van der Waals surface area contributed by atoms with E-state index in [9.17, 15) is 9.59 Å². The van der Waals surface area contributed by atoms with Crippen LogP contribution in [-0.4, -0.2) is 34.4 Å². The van der Waals surface area contributed by atoms with Crippen molar-refractivity contribution >= 4 is 18.0 Å². The first-order valence-corrected chi connectivity index (χ1v) is 7.04. The Morgan fingerprint density at radius 2 is 2.00 bits per heavy atom. The van der Waals surface area contributed by atoms with Crippen molar-refractivity contribution in [2.45, 2.75) is 25.8 Å². The van der Waals surface area contributed by atoms with Gasteiger partial charge >= 0.3 is 18.0 Å². The molecule has 1 aromatic carbocycles. The van der Waals surface area contributed by atoms with Gasteiger partial charge in [0.05, 0.1) is 12.7 Å². The summed E-state index contributed by atoms with van der Waals surface area (Å²) in [6.07, 6.45) is 0.943. The Labute approximate surface area is 132 Å². The van der Waals surface area contributed by atoms with Gasteiger partial charge in [0.2, 0.25) is 5.89 Å². The molecule has 0 fully saturated rings. The summed E-state index contributed by atoms with van der Waals surface area (Å²) in [6.45, 7) is 0.457. The fourth-order valence-corrected chi connectivity index (χ4v) is 1.87. The third kappa shape index (κ3) is 5.10. The highest BCUT2D eigenvalue weighted by Gasteiger charge is 2.08. The van der Waals surface area contributed by atoms with Gasteiger partial charge in [0.15, 0.2) is 0 Å². The number of carbonyl (C=O) groups excluding carboxylic acids is 1. The highest BCUT2D eigenvalue weighted by molar-refractivity contribution is 5.89. The largest absolute Gasteiger partial charge is 0.481 e.